The van der Waals surface area contributed by atoms with Crippen molar-refractivity contribution in [2.75, 3.05) is 19.7 Å². The predicted octanol–water partition coefficient (Wildman–Crippen LogP) is 2.14. The van der Waals surface area contributed by atoms with Crippen molar-refractivity contribution in [3.63, 3.8) is 0 Å². The van der Waals surface area contributed by atoms with Gasteiger partial charge < -0.3 is 45.3 Å². The molecule has 15 nitrogen and oxygen atoms in total. The van der Waals surface area contributed by atoms with Gasteiger partial charge in [-0.3, -0.25) is 14.4 Å². The molecule has 2 aromatic rings. The van der Waals surface area contributed by atoms with Crippen molar-refractivity contribution in [1.82, 2.24) is 15.5 Å². The highest BCUT2D eigenvalue weighted by Gasteiger charge is 2.31. The number of carbonyl (C=O) groups excluding carboxylic acids is 6. The van der Waals surface area contributed by atoms with Gasteiger partial charge in [-0.05, 0) is 68.4 Å². The molecule has 278 valence electrons. The molecule has 1 fully saturated rings. The van der Waals surface area contributed by atoms with Crippen LogP contribution < -0.4 is 25.8 Å². The van der Waals surface area contributed by atoms with Crippen molar-refractivity contribution in [2.45, 2.75) is 84.8 Å². The summed E-state index contributed by atoms with van der Waals surface area (Å²) < 4.78 is 21.3. The Labute approximate surface area is 297 Å². The van der Waals surface area contributed by atoms with Crippen LogP contribution in [0.25, 0.3) is 0 Å². The van der Waals surface area contributed by atoms with Crippen LogP contribution in [-0.2, 0) is 39.9 Å². The summed E-state index contributed by atoms with van der Waals surface area (Å²) in [6.07, 6.45) is -2.37. The van der Waals surface area contributed by atoms with Gasteiger partial charge in [0, 0.05) is 32.4 Å². The standard InChI is InChI=1S/C36H48N4O11/c1-21(2)18-28(38-31(42)20-48-30-9-7-6-8-22(30)3)33(44)39-29(35(46)50-24(5)49-34(45)23(4)41)19-25-10-12-27(13-11-25)51-36(47)40-16-14-26(15-17-40)32(37)43/h6-13,21,23-24,26,28-29,41H,14-20H2,1-5H3,(H2,37,43)(H,38,42)(H,39,44). The van der Waals surface area contributed by atoms with E-state index < -0.39 is 60.2 Å². The van der Waals surface area contributed by atoms with Crippen LogP contribution >= 0.6 is 0 Å². The minimum Gasteiger partial charge on any atom is -0.484 e. The molecule has 1 saturated heterocycles. The molecule has 0 radical (unpaired) electrons. The van der Waals surface area contributed by atoms with Crippen LogP contribution in [0.3, 0.4) is 0 Å². The lowest BCUT2D eigenvalue weighted by atomic mass is 9.97. The van der Waals surface area contributed by atoms with E-state index in [0.717, 1.165) is 5.56 Å². The van der Waals surface area contributed by atoms with Gasteiger partial charge in [0.15, 0.2) is 6.61 Å². The number of aliphatic hydroxyl groups is 1. The third-order valence-electron chi connectivity index (χ3n) is 8.04. The molecule has 0 saturated carbocycles. The molecule has 4 unspecified atom stereocenters. The Kier molecular flexibility index (Phi) is 15.2. The Balaban J connectivity index is 1.71. The molecule has 2 aromatic carbocycles. The molecule has 0 aromatic heterocycles. The number of rotatable bonds is 16. The van der Waals surface area contributed by atoms with E-state index in [4.69, 9.17) is 24.7 Å². The molecule has 4 amide bonds. The van der Waals surface area contributed by atoms with Crippen LogP contribution in [0.4, 0.5) is 4.79 Å². The number of ether oxygens (including phenoxy) is 4. The van der Waals surface area contributed by atoms with Gasteiger partial charge in [0.05, 0.1) is 0 Å². The van der Waals surface area contributed by atoms with Crippen molar-refractivity contribution >= 4 is 35.8 Å². The molecule has 0 bridgehead atoms. The number of aryl methyl sites for hydroxylation is 1. The van der Waals surface area contributed by atoms with Crippen LogP contribution in [-0.4, -0.2) is 89.9 Å². The van der Waals surface area contributed by atoms with E-state index in [-0.39, 0.29) is 37.0 Å². The minimum absolute atomic E-state index is 0.0200. The smallest absolute Gasteiger partial charge is 0.415 e. The van der Waals surface area contributed by atoms with Gasteiger partial charge in [0.1, 0.15) is 29.7 Å². The van der Waals surface area contributed by atoms with Crippen molar-refractivity contribution in [1.29, 1.82) is 0 Å². The summed E-state index contributed by atoms with van der Waals surface area (Å²) in [6, 6.07) is 11.1. The van der Waals surface area contributed by atoms with Crippen LogP contribution in [0.5, 0.6) is 11.5 Å². The van der Waals surface area contributed by atoms with E-state index in [1.165, 1.54) is 30.9 Å². The van der Waals surface area contributed by atoms with Gasteiger partial charge >= 0.3 is 18.0 Å². The molecule has 1 aliphatic heterocycles. The second-order valence-corrected chi connectivity index (χ2v) is 12.9. The lowest BCUT2D eigenvalue weighted by molar-refractivity contribution is -0.191. The number of likely N-dealkylation sites (tertiary alicyclic amines) is 1. The Bertz CT molecular complexity index is 1520. The average Bonchev–Trinajstić information content (AvgIpc) is 3.07. The predicted molar refractivity (Wildman–Crippen MR) is 183 cm³/mol. The molecule has 0 spiro atoms. The summed E-state index contributed by atoms with van der Waals surface area (Å²) in [6.45, 7) is 8.39. The van der Waals surface area contributed by atoms with Crippen LogP contribution in [0.1, 0.15) is 58.1 Å². The van der Waals surface area contributed by atoms with E-state index in [1.54, 1.807) is 24.3 Å². The molecule has 0 aliphatic carbocycles. The molecule has 5 N–H and O–H groups in total. The van der Waals surface area contributed by atoms with E-state index in [9.17, 15) is 33.9 Å². The number of nitrogens with two attached hydrogens (primary N) is 1. The number of esters is 2. The largest absolute Gasteiger partial charge is 0.484 e. The van der Waals surface area contributed by atoms with E-state index >= 15 is 0 Å². The van der Waals surface area contributed by atoms with Gasteiger partial charge in [0.25, 0.3) is 5.91 Å². The minimum atomic E-state index is -1.45. The zero-order chi connectivity index (χ0) is 37.7. The molecule has 1 aliphatic rings. The van der Waals surface area contributed by atoms with Crippen molar-refractivity contribution in [3.05, 3.63) is 59.7 Å². The molecule has 1 heterocycles. The zero-order valence-electron chi connectivity index (χ0n) is 29.6. The van der Waals surface area contributed by atoms with Crippen LogP contribution in [0.2, 0.25) is 0 Å². The Morgan fingerprint density at radius 1 is 0.882 bits per heavy atom. The zero-order valence-corrected chi connectivity index (χ0v) is 29.6. The maximum absolute atomic E-state index is 13.6. The topological polar surface area (TPSA) is 213 Å². The van der Waals surface area contributed by atoms with Crippen molar-refractivity contribution < 1.29 is 52.8 Å². The fourth-order valence-corrected chi connectivity index (χ4v) is 5.24. The summed E-state index contributed by atoms with van der Waals surface area (Å²) >= 11 is 0. The van der Waals surface area contributed by atoms with Crippen LogP contribution in [0.15, 0.2) is 48.5 Å². The van der Waals surface area contributed by atoms with E-state index in [2.05, 4.69) is 10.6 Å². The van der Waals surface area contributed by atoms with E-state index in [0.29, 0.717) is 37.2 Å². The molecule has 3 rings (SSSR count). The van der Waals surface area contributed by atoms with Crippen molar-refractivity contribution in [3.8, 4) is 11.5 Å². The number of primary amides is 1. The van der Waals surface area contributed by atoms with Gasteiger partial charge in [0.2, 0.25) is 18.1 Å². The van der Waals surface area contributed by atoms with Crippen molar-refractivity contribution in [2.24, 2.45) is 17.6 Å². The van der Waals surface area contributed by atoms with Crippen LogP contribution in [0, 0.1) is 18.8 Å². The van der Waals surface area contributed by atoms with E-state index in [1.807, 2.05) is 32.9 Å². The number of amides is 4. The Morgan fingerprint density at radius 3 is 2.10 bits per heavy atom. The first-order valence-electron chi connectivity index (χ1n) is 16.8. The van der Waals surface area contributed by atoms with Gasteiger partial charge in [-0.2, -0.15) is 0 Å². The van der Waals surface area contributed by atoms with Gasteiger partial charge in [-0.15, -0.1) is 0 Å². The fourth-order valence-electron chi connectivity index (χ4n) is 5.24. The number of benzene rings is 2. The second kappa shape index (κ2) is 19.3. The average molecular weight is 713 g/mol. The number of aliphatic hydroxyl groups excluding tert-OH is 1. The summed E-state index contributed by atoms with van der Waals surface area (Å²) in [7, 11) is 0. The maximum atomic E-state index is 13.6. The Hall–Kier alpha value is -5.18. The first-order valence-corrected chi connectivity index (χ1v) is 16.8. The van der Waals surface area contributed by atoms with Gasteiger partial charge in [-0.25, -0.2) is 14.4 Å². The maximum Gasteiger partial charge on any atom is 0.415 e. The summed E-state index contributed by atoms with van der Waals surface area (Å²) in [5.41, 5.74) is 6.75. The normalized spacial score (nSPS) is 15.5. The SMILES string of the molecule is Cc1ccccc1OCC(=O)NC(CC(C)C)C(=O)NC(Cc1ccc(OC(=O)N2CCC(C(N)=O)CC2)cc1)C(=O)OC(C)OC(=O)C(C)O. The molecular formula is C36H48N4O11. The number of carbonyl (C=O) groups is 6. The molecule has 51 heavy (non-hydrogen) atoms. The Morgan fingerprint density at radius 2 is 1.51 bits per heavy atom. The number of para-hydroxylation sites is 1. The first kappa shape index (κ1) is 40.3. The number of hydrogen-bond donors (Lipinski definition) is 4. The summed E-state index contributed by atoms with van der Waals surface area (Å²) in [5.74, 6) is -3.09. The third-order valence-corrected chi connectivity index (χ3v) is 8.04. The lowest BCUT2D eigenvalue weighted by Crippen LogP contribution is -2.54. The quantitative estimate of drug-likeness (QED) is 0.146. The summed E-state index contributed by atoms with van der Waals surface area (Å²) in [4.78, 5) is 77.2. The highest BCUT2D eigenvalue weighted by atomic mass is 16.7. The second-order valence-electron chi connectivity index (χ2n) is 12.9. The summed E-state index contributed by atoms with van der Waals surface area (Å²) in [5, 5.41) is 14.8. The first-order chi connectivity index (χ1) is 24.1. The number of piperidine rings is 1. The molecular weight excluding hydrogens is 664 g/mol. The highest BCUT2D eigenvalue weighted by Crippen LogP contribution is 2.20. The number of hydrogen-bond acceptors (Lipinski definition) is 11. The fraction of sp³-hybridized carbons (Fsp3) is 0.500. The number of nitrogens with zero attached hydrogens (tertiary/aromatic N) is 1. The molecule has 4 atom stereocenters. The van der Waals surface area contributed by atoms with Gasteiger partial charge in [-0.1, -0.05) is 44.2 Å². The monoisotopic (exact) mass is 712 g/mol. The highest BCUT2D eigenvalue weighted by molar-refractivity contribution is 5.91. The third kappa shape index (κ3) is 13.2. The molecule has 15 heteroatoms. The number of nitrogens with one attached hydrogen (secondary N) is 2. The lowest BCUT2D eigenvalue weighted by Gasteiger charge is -2.29.